The van der Waals surface area contributed by atoms with Crippen molar-refractivity contribution < 1.29 is 9.84 Å². The minimum Gasteiger partial charge on any atom is -0.496 e. The Morgan fingerprint density at radius 2 is 2.19 bits per heavy atom. The highest BCUT2D eigenvalue weighted by atomic mass is 16.5. The van der Waals surface area contributed by atoms with Crippen molar-refractivity contribution in [3.8, 4) is 5.75 Å². The molecule has 0 aliphatic heterocycles. The lowest BCUT2D eigenvalue weighted by Gasteiger charge is -2.16. The summed E-state index contributed by atoms with van der Waals surface area (Å²) in [6.45, 7) is 7.96. The number of hydrogen-bond donors (Lipinski definition) is 1. The van der Waals surface area contributed by atoms with Gasteiger partial charge in [0.15, 0.2) is 0 Å². The normalized spacial score (nSPS) is 12.2. The first-order chi connectivity index (χ1) is 7.58. The molecular weight excluding hydrogens is 200 g/mol. The number of benzene rings is 1. The molecule has 0 bridgehead atoms. The second-order valence-electron chi connectivity index (χ2n) is 4.07. The fraction of sp³-hybridized carbons (Fsp3) is 0.429. The van der Waals surface area contributed by atoms with Gasteiger partial charge >= 0.3 is 0 Å². The van der Waals surface area contributed by atoms with Crippen LogP contribution in [0.25, 0.3) is 0 Å². The van der Waals surface area contributed by atoms with Crippen LogP contribution in [0.1, 0.15) is 37.0 Å². The van der Waals surface area contributed by atoms with E-state index in [1.54, 1.807) is 7.11 Å². The Labute approximate surface area is 97.6 Å². The molecule has 2 nitrogen and oxygen atoms in total. The van der Waals surface area contributed by atoms with E-state index in [4.69, 9.17) is 4.74 Å². The van der Waals surface area contributed by atoms with Crippen LogP contribution in [0.3, 0.4) is 0 Å². The van der Waals surface area contributed by atoms with Gasteiger partial charge in [-0.3, -0.25) is 0 Å². The average Bonchev–Trinajstić information content (AvgIpc) is 2.28. The molecule has 1 aromatic rings. The molecule has 0 aliphatic rings. The summed E-state index contributed by atoms with van der Waals surface area (Å²) in [5.74, 6) is 0.738. The second kappa shape index (κ2) is 5.71. The molecule has 1 unspecified atom stereocenters. The van der Waals surface area contributed by atoms with E-state index in [1.165, 1.54) is 0 Å². The Bertz CT molecular complexity index is 369. The maximum absolute atomic E-state index is 10.1. The smallest absolute Gasteiger partial charge is 0.124 e. The van der Waals surface area contributed by atoms with Gasteiger partial charge in [0, 0.05) is 5.56 Å². The molecule has 88 valence electrons. The van der Waals surface area contributed by atoms with Crippen LogP contribution in [0.5, 0.6) is 5.75 Å². The van der Waals surface area contributed by atoms with E-state index in [1.807, 2.05) is 32.0 Å². The van der Waals surface area contributed by atoms with Crippen LogP contribution in [0.2, 0.25) is 0 Å². The van der Waals surface area contributed by atoms with Gasteiger partial charge in [0.2, 0.25) is 0 Å². The Morgan fingerprint density at radius 3 is 2.75 bits per heavy atom. The molecule has 1 rings (SSSR count). The fourth-order valence-electron chi connectivity index (χ4n) is 1.64. The minimum atomic E-state index is -0.526. The van der Waals surface area contributed by atoms with Crippen molar-refractivity contribution in [1.82, 2.24) is 0 Å². The summed E-state index contributed by atoms with van der Waals surface area (Å²) < 4.78 is 5.25. The van der Waals surface area contributed by atoms with Crippen molar-refractivity contribution >= 4 is 0 Å². The van der Waals surface area contributed by atoms with E-state index >= 15 is 0 Å². The largest absolute Gasteiger partial charge is 0.496 e. The number of ether oxygens (including phenoxy) is 1. The highest BCUT2D eigenvalue weighted by molar-refractivity contribution is 5.38. The van der Waals surface area contributed by atoms with Gasteiger partial charge < -0.3 is 9.84 Å². The van der Waals surface area contributed by atoms with Crippen LogP contribution in [-0.4, -0.2) is 12.2 Å². The van der Waals surface area contributed by atoms with Crippen LogP contribution in [0, 0.1) is 6.92 Å². The number of aryl methyl sites for hydroxylation is 1. The van der Waals surface area contributed by atoms with Crippen molar-refractivity contribution in [2.45, 2.75) is 32.8 Å². The quantitative estimate of drug-likeness (QED) is 0.771. The number of hydrogen-bond acceptors (Lipinski definition) is 2. The molecule has 0 saturated heterocycles. The van der Waals surface area contributed by atoms with Gasteiger partial charge in [-0.2, -0.15) is 0 Å². The zero-order valence-corrected chi connectivity index (χ0v) is 10.3. The van der Waals surface area contributed by atoms with E-state index < -0.39 is 6.10 Å². The third kappa shape index (κ3) is 3.11. The topological polar surface area (TPSA) is 29.5 Å². The lowest BCUT2D eigenvalue weighted by atomic mass is 9.99. The molecule has 0 saturated carbocycles. The van der Waals surface area contributed by atoms with Gasteiger partial charge in [-0.15, -0.1) is 0 Å². The van der Waals surface area contributed by atoms with Gasteiger partial charge in [-0.1, -0.05) is 30.7 Å². The molecule has 0 aliphatic carbocycles. The zero-order valence-electron chi connectivity index (χ0n) is 10.3. The molecule has 16 heavy (non-hydrogen) atoms. The van der Waals surface area contributed by atoms with Crippen LogP contribution >= 0.6 is 0 Å². The summed E-state index contributed by atoms with van der Waals surface area (Å²) >= 11 is 0. The van der Waals surface area contributed by atoms with Crippen molar-refractivity contribution in [2.75, 3.05) is 7.11 Å². The summed E-state index contributed by atoms with van der Waals surface area (Å²) in [6, 6.07) is 5.83. The van der Waals surface area contributed by atoms with E-state index in [0.29, 0.717) is 6.42 Å². The molecule has 0 aromatic heterocycles. The molecule has 0 radical (unpaired) electrons. The summed E-state index contributed by atoms with van der Waals surface area (Å²) in [5, 5.41) is 10.1. The molecule has 1 aromatic carbocycles. The predicted octanol–water partition coefficient (Wildman–Crippen LogP) is 3.39. The van der Waals surface area contributed by atoms with Crippen molar-refractivity contribution in [3.05, 3.63) is 41.5 Å². The lowest BCUT2D eigenvalue weighted by Crippen LogP contribution is -2.02. The zero-order chi connectivity index (χ0) is 12.1. The Kier molecular flexibility index (Phi) is 4.56. The van der Waals surface area contributed by atoms with Crippen LogP contribution < -0.4 is 4.74 Å². The minimum absolute atomic E-state index is 0.526. The number of aliphatic hydroxyl groups is 1. The summed E-state index contributed by atoms with van der Waals surface area (Å²) in [5.41, 5.74) is 3.02. The molecule has 2 heteroatoms. The van der Waals surface area contributed by atoms with Crippen molar-refractivity contribution in [3.63, 3.8) is 0 Å². The molecule has 0 amide bonds. The second-order valence-corrected chi connectivity index (χ2v) is 4.07. The number of aliphatic hydroxyl groups excluding tert-OH is 1. The maximum Gasteiger partial charge on any atom is 0.124 e. The first kappa shape index (κ1) is 12.8. The van der Waals surface area contributed by atoms with Crippen LogP contribution in [-0.2, 0) is 0 Å². The Morgan fingerprint density at radius 1 is 1.50 bits per heavy atom. The van der Waals surface area contributed by atoms with E-state index in [0.717, 1.165) is 28.9 Å². The third-order valence-corrected chi connectivity index (χ3v) is 2.73. The van der Waals surface area contributed by atoms with E-state index in [-0.39, 0.29) is 0 Å². The standard InChI is InChI=1S/C14H20O2/c1-5-10(2)9-13(15)12-8-11(3)6-7-14(12)16-4/h6-8,13,15H,2,5,9H2,1,3-4H3. The SMILES string of the molecule is C=C(CC)CC(O)c1cc(C)ccc1OC. The van der Waals surface area contributed by atoms with Crippen molar-refractivity contribution in [2.24, 2.45) is 0 Å². The van der Waals surface area contributed by atoms with Crippen molar-refractivity contribution in [1.29, 1.82) is 0 Å². The third-order valence-electron chi connectivity index (χ3n) is 2.73. The molecule has 0 heterocycles. The van der Waals surface area contributed by atoms with Crippen LogP contribution in [0.4, 0.5) is 0 Å². The van der Waals surface area contributed by atoms with Gasteiger partial charge in [-0.05, 0) is 31.9 Å². The Balaban J connectivity index is 2.92. The molecular formula is C14H20O2. The molecule has 1 N–H and O–H groups in total. The average molecular weight is 220 g/mol. The number of rotatable bonds is 5. The summed E-state index contributed by atoms with van der Waals surface area (Å²) in [4.78, 5) is 0. The van der Waals surface area contributed by atoms with Gasteiger partial charge in [0.05, 0.1) is 13.2 Å². The van der Waals surface area contributed by atoms with Crippen LogP contribution in [0.15, 0.2) is 30.4 Å². The maximum atomic E-state index is 10.1. The van der Waals surface area contributed by atoms with Gasteiger partial charge in [0.1, 0.15) is 5.75 Å². The summed E-state index contributed by atoms with van der Waals surface area (Å²) in [6.07, 6.45) is 0.962. The Hall–Kier alpha value is -1.28. The summed E-state index contributed by atoms with van der Waals surface area (Å²) in [7, 11) is 1.62. The monoisotopic (exact) mass is 220 g/mol. The first-order valence-electron chi connectivity index (χ1n) is 5.57. The first-order valence-corrected chi connectivity index (χ1v) is 5.57. The van der Waals surface area contributed by atoms with E-state index in [9.17, 15) is 5.11 Å². The molecule has 0 spiro atoms. The predicted molar refractivity (Wildman–Crippen MR) is 66.7 cm³/mol. The van der Waals surface area contributed by atoms with Gasteiger partial charge in [0.25, 0.3) is 0 Å². The highest BCUT2D eigenvalue weighted by Gasteiger charge is 2.13. The highest BCUT2D eigenvalue weighted by Crippen LogP contribution is 2.30. The molecule has 0 fully saturated rings. The lowest BCUT2D eigenvalue weighted by molar-refractivity contribution is 0.173. The molecule has 1 atom stereocenters. The fourth-order valence-corrected chi connectivity index (χ4v) is 1.64. The number of methoxy groups -OCH3 is 1. The van der Waals surface area contributed by atoms with E-state index in [2.05, 4.69) is 6.58 Å². The van der Waals surface area contributed by atoms with Gasteiger partial charge in [-0.25, -0.2) is 0 Å².